The van der Waals surface area contributed by atoms with Crippen LogP contribution in [0.25, 0.3) is 11.0 Å². The second kappa shape index (κ2) is 44.2. The Morgan fingerprint density at radius 3 is 1.71 bits per heavy atom. The van der Waals surface area contributed by atoms with Gasteiger partial charge >= 0.3 is 11.6 Å². The number of ether oxygens (including phenoxy) is 1. The maximum atomic E-state index is 14.5. The number of anilines is 1. The highest BCUT2D eigenvalue weighted by Gasteiger charge is 2.40. The number of carbonyl (C=O) groups excluding carboxylic acids is 12. The summed E-state index contributed by atoms with van der Waals surface area (Å²) in [5.41, 5.74) is 41.3. The van der Waals surface area contributed by atoms with Gasteiger partial charge in [-0.05, 0) is 107 Å². The molecule has 1 aliphatic rings. The quantitative estimate of drug-likeness (QED) is 0.00625. The number of carboxylic acids is 1. The first kappa shape index (κ1) is 89.4. The molecule has 27 N–H and O–H groups in total. The van der Waals surface area contributed by atoms with Crippen LogP contribution < -0.4 is 109 Å². The third-order valence-electron chi connectivity index (χ3n) is 16.6. The van der Waals surface area contributed by atoms with E-state index in [1.165, 1.54) is 18.1 Å². The van der Waals surface area contributed by atoms with Crippen molar-refractivity contribution in [3.8, 4) is 5.75 Å². The van der Waals surface area contributed by atoms with Gasteiger partial charge in [0, 0.05) is 69.2 Å². The van der Waals surface area contributed by atoms with Gasteiger partial charge in [0.1, 0.15) is 71.4 Å². The van der Waals surface area contributed by atoms with E-state index < -0.39 is 215 Å². The Morgan fingerprint density at radius 2 is 1.15 bits per heavy atom. The van der Waals surface area contributed by atoms with Crippen LogP contribution in [0.15, 0.2) is 66.7 Å². The zero-order chi connectivity index (χ0) is 82.1. The normalized spacial score (nSPS) is 14.4. The summed E-state index contributed by atoms with van der Waals surface area (Å²) in [4.78, 5) is 225. The van der Waals surface area contributed by atoms with Crippen LogP contribution in [0.2, 0.25) is 0 Å². The number of methoxy groups -OCH3 is 1. The van der Waals surface area contributed by atoms with Crippen LogP contribution in [0, 0.1) is 26.1 Å². The van der Waals surface area contributed by atoms with Crippen molar-refractivity contribution >= 4 is 123 Å². The van der Waals surface area contributed by atoms with Gasteiger partial charge in [0.2, 0.25) is 70.9 Å². The summed E-state index contributed by atoms with van der Waals surface area (Å²) in [6.07, 6.45) is -2.58. The molecule has 0 bridgehead atoms. The molecule has 1 fully saturated rings. The molecule has 1 aromatic heterocycles. The highest BCUT2D eigenvalue weighted by atomic mass is 16.6. The van der Waals surface area contributed by atoms with E-state index in [2.05, 4.69) is 68.1 Å². The molecule has 0 aliphatic carbocycles. The Kier molecular flexibility index (Phi) is 35.9. The second-order valence-corrected chi connectivity index (χ2v) is 25.7. The minimum atomic E-state index is -1.89. The fourth-order valence-corrected chi connectivity index (χ4v) is 11.2. The van der Waals surface area contributed by atoms with Crippen LogP contribution in [0.5, 0.6) is 5.75 Å². The molecule has 602 valence electrons. The number of carbonyl (C=O) groups is 13. The number of rotatable bonds is 47. The number of likely N-dealkylation sites (tertiary alicyclic amines) is 1. The van der Waals surface area contributed by atoms with Gasteiger partial charge in [0.15, 0.2) is 17.9 Å². The standard InChI is InChI=1S/C65H96N24O21/c1-32(2)25-44(81-51(92)31-78-56(98)41(17-19-49(66)90)85-61(103)46-12-8-24-87(46)62(104)43(11-7-23-76-65(72)73)80-50(91)26-34-27-53(95)110-48-29-36(109-4)14-15-37(34)48)59(101)86-45(30-77-38-16-13-35(88(105)106)28-47(38)89(107)108)60(102)79-33(3)55(97)83-40(10-6-22-75-64(70)71)57(99)84-42(18-20-52(93)94)58(100)82-39(54(67)96)9-5-21-74-63(68)69/h13-16,27-29,32-33,39-46,77H,5-12,17-26,30-31H2,1-4H3,(H2,66,90)(H2,67,96)(H,78,98)(H,79,102)(H,80,91)(H,81,92)(H,82,100)(H,83,97)(H,84,99)(H,85,103)(H,86,101)(H,93,94)(H4,68,69,74)(H4,70,71,75)(H4,72,73,76)/t33-,39+,40+,41-,42-,43-,44-,45?,46+/m0/s1. The van der Waals surface area contributed by atoms with E-state index in [-0.39, 0.29) is 113 Å². The average molecular weight is 1550 g/mol. The van der Waals surface area contributed by atoms with Crippen LogP contribution in [0.3, 0.4) is 0 Å². The van der Waals surface area contributed by atoms with Gasteiger partial charge in [-0.25, -0.2) is 4.79 Å². The molecule has 9 atom stereocenters. The predicted octanol–water partition coefficient (Wildman–Crippen LogP) is -5.90. The van der Waals surface area contributed by atoms with Crippen molar-refractivity contribution in [2.24, 2.45) is 66.8 Å². The lowest BCUT2D eigenvalue weighted by molar-refractivity contribution is -0.393. The van der Waals surface area contributed by atoms with E-state index in [1.54, 1.807) is 26.0 Å². The maximum absolute atomic E-state index is 14.5. The number of amides is 12. The van der Waals surface area contributed by atoms with Gasteiger partial charge in [0.05, 0.1) is 36.0 Å². The number of hydrogen-bond acceptors (Lipinski definition) is 24. The number of primary amides is 2. The SMILES string of the molecule is COc1ccc2c(CC(=O)N[C@@H](CCCN=C(N)N)C(=O)N3CCC[C@@H]3C(=O)N[C@@H](CCC(N)=O)C(=O)NCC(=O)N[C@@H](CC(C)C)C(=O)NC(CNc3ccc([N+](=O)[O-])cc3[N+](=O)[O-])C(=O)N[C@@H](C)C(=O)N[C@H](CCCN=C(N)N)C(=O)N[C@@H](CCC(=O)O)C(=O)N[C@H](CCCN=C(N)N)C(N)=O)cc(=O)oc2c1. The number of aliphatic imine (C=N–C) groups is 3. The molecule has 12 amide bonds. The van der Waals surface area contributed by atoms with Gasteiger partial charge in [-0.3, -0.25) is 97.5 Å². The van der Waals surface area contributed by atoms with Gasteiger partial charge in [-0.2, -0.15) is 0 Å². The highest BCUT2D eigenvalue weighted by molar-refractivity contribution is 5.99. The molecule has 0 spiro atoms. The van der Waals surface area contributed by atoms with Crippen LogP contribution >= 0.6 is 0 Å². The highest BCUT2D eigenvalue weighted by Crippen LogP contribution is 2.29. The first-order valence-corrected chi connectivity index (χ1v) is 34.6. The van der Waals surface area contributed by atoms with E-state index in [4.69, 9.17) is 55.0 Å². The van der Waals surface area contributed by atoms with E-state index in [0.29, 0.717) is 17.2 Å². The van der Waals surface area contributed by atoms with Crippen LogP contribution in [0.1, 0.15) is 110 Å². The molecular weight excluding hydrogens is 1450 g/mol. The lowest BCUT2D eigenvalue weighted by Gasteiger charge is -2.30. The lowest BCUT2D eigenvalue weighted by Crippen LogP contribution is -2.60. The number of non-ortho nitro benzene ring substituents is 1. The molecule has 2 aromatic carbocycles. The Bertz CT molecular complexity index is 4010. The Hall–Kier alpha value is -13.0. The van der Waals surface area contributed by atoms with Crippen molar-refractivity contribution in [1.82, 2.24) is 52.8 Å². The first-order chi connectivity index (χ1) is 51.9. The smallest absolute Gasteiger partial charge is 0.336 e. The number of nitrogens with zero attached hydrogens (tertiary/aromatic N) is 6. The van der Waals surface area contributed by atoms with Crippen molar-refractivity contribution < 1.29 is 86.4 Å². The number of nitrogens with two attached hydrogens (primary N) is 8. The van der Waals surface area contributed by atoms with E-state index in [0.717, 1.165) is 25.1 Å². The van der Waals surface area contributed by atoms with Crippen LogP contribution in [-0.2, 0) is 68.7 Å². The summed E-state index contributed by atoms with van der Waals surface area (Å²) in [7, 11) is 1.41. The Labute approximate surface area is 627 Å². The molecule has 45 nitrogen and oxygen atoms in total. The summed E-state index contributed by atoms with van der Waals surface area (Å²) in [6, 6.07) is -5.74. The van der Waals surface area contributed by atoms with Crippen molar-refractivity contribution in [3.63, 3.8) is 0 Å². The van der Waals surface area contributed by atoms with Crippen molar-refractivity contribution in [2.75, 3.05) is 51.7 Å². The number of nitro benzene ring substituents is 2. The third kappa shape index (κ3) is 30.4. The second-order valence-electron chi connectivity index (χ2n) is 25.7. The average Bonchev–Trinajstić information content (AvgIpc) is 1.04. The molecule has 3 aromatic rings. The van der Waals surface area contributed by atoms with Crippen molar-refractivity contribution in [2.45, 2.75) is 165 Å². The van der Waals surface area contributed by atoms with E-state index in [1.807, 2.05) is 0 Å². The lowest BCUT2D eigenvalue weighted by atomic mass is 10.0. The van der Waals surface area contributed by atoms with Gasteiger partial charge in [-0.15, -0.1) is 0 Å². The fourth-order valence-electron chi connectivity index (χ4n) is 11.2. The summed E-state index contributed by atoms with van der Waals surface area (Å²) < 4.78 is 10.5. The summed E-state index contributed by atoms with van der Waals surface area (Å²) in [6.45, 7) is 2.64. The number of carboxylic acid groups (broad SMARTS) is 1. The van der Waals surface area contributed by atoms with Crippen molar-refractivity contribution in [3.05, 3.63) is 78.7 Å². The topological polar surface area (TPSA) is 737 Å². The number of nitrogens with one attached hydrogen (secondary N) is 10. The van der Waals surface area contributed by atoms with Gasteiger partial charge in [-0.1, -0.05) is 13.8 Å². The van der Waals surface area contributed by atoms with Gasteiger partial charge < -0.3 is 118 Å². The summed E-state index contributed by atoms with van der Waals surface area (Å²) in [5, 5.41) is 58.3. The maximum Gasteiger partial charge on any atom is 0.336 e. The molecule has 0 radical (unpaired) electrons. The monoisotopic (exact) mass is 1550 g/mol. The predicted molar refractivity (Wildman–Crippen MR) is 394 cm³/mol. The molecule has 1 unspecified atom stereocenters. The largest absolute Gasteiger partial charge is 0.497 e. The molecule has 110 heavy (non-hydrogen) atoms. The van der Waals surface area contributed by atoms with E-state index >= 15 is 0 Å². The zero-order valence-electron chi connectivity index (χ0n) is 60.9. The number of nitro groups is 2. The van der Waals surface area contributed by atoms with E-state index in [9.17, 15) is 92.5 Å². The number of fused-ring (bicyclic) bond motifs is 1. The molecule has 4 rings (SSSR count). The first-order valence-electron chi connectivity index (χ1n) is 34.6. The molecule has 0 saturated carbocycles. The van der Waals surface area contributed by atoms with Crippen LogP contribution in [-0.4, -0.2) is 215 Å². The molecule has 1 saturated heterocycles. The number of hydrogen-bond donors (Lipinski definition) is 19. The zero-order valence-corrected chi connectivity index (χ0v) is 60.9. The third-order valence-corrected chi connectivity index (χ3v) is 16.6. The minimum absolute atomic E-state index is 0.00271. The number of benzene rings is 2. The summed E-state index contributed by atoms with van der Waals surface area (Å²) in [5.74, 6) is -14.2. The number of guanidine groups is 3. The number of aliphatic carboxylic acids is 1. The molecule has 1 aliphatic heterocycles. The van der Waals surface area contributed by atoms with Gasteiger partial charge in [0.25, 0.3) is 11.4 Å². The van der Waals surface area contributed by atoms with Crippen LogP contribution in [0.4, 0.5) is 17.1 Å². The Morgan fingerprint density at radius 1 is 0.609 bits per heavy atom. The summed E-state index contributed by atoms with van der Waals surface area (Å²) >= 11 is 0. The molecule has 45 heteroatoms. The fraction of sp³-hybridized carbons (Fsp3) is 0.523. The Balaban J connectivity index is 1.58. The molecular formula is C65H96N24O21. The minimum Gasteiger partial charge on any atom is -0.497 e. The molecule has 2 heterocycles. The van der Waals surface area contributed by atoms with Crippen molar-refractivity contribution in [1.29, 1.82) is 0 Å².